The summed E-state index contributed by atoms with van der Waals surface area (Å²) >= 11 is 0. The molecule has 0 aliphatic heterocycles. The fourth-order valence-electron chi connectivity index (χ4n) is 5.58. The van der Waals surface area contributed by atoms with E-state index in [1.165, 1.54) is 6.07 Å². The summed E-state index contributed by atoms with van der Waals surface area (Å²) in [5.74, 6) is -1.04. The summed E-state index contributed by atoms with van der Waals surface area (Å²) in [4.78, 5) is 0. The molecule has 6 heteroatoms. The van der Waals surface area contributed by atoms with Crippen molar-refractivity contribution in [2.45, 2.75) is 0 Å². The predicted molar refractivity (Wildman–Crippen MR) is 144 cm³/mol. The van der Waals surface area contributed by atoms with Crippen LogP contribution < -0.4 is 0 Å². The standard InChI is InChI=1S/C32H16F2N4/c33-21-10-11-24(34)30(16-21)38-27-8-4-2-6-23(27)32-29(38)14-13-28-31(32)22-5-1-3-7-26(22)37(28)25-12-9-19(17-35)15-20(25)18-36/h1-16H. The van der Waals surface area contributed by atoms with Crippen molar-refractivity contribution in [2.75, 3.05) is 0 Å². The van der Waals surface area contributed by atoms with Crippen LogP contribution >= 0.6 is 0 Å². The number of hydrogen-bond acceptors (Lipinski definition) is 2. The molecular weight excluding hydrogens is 478 g/mol. The molecular formula is C32H16F2N4. The minimum atomic E-state index is -0.521. The van der Waals surface area contributed by atoms with Crippen molar-refractivity contribution in [1.29, 1.82) is 10.5 Å². The summed E-state index contributed by atoms with van der Waals surface area (Å²) in [5.41, 5.74) is 4.85. The Morgan fingerprint density at radius 3 is 1.76 bits per heavy atom. The second-order valence-electron chi connectivity index (χ2n) is 9.11. The first kappa shape index (κ1) is 21.8. The van der Waals surface area contributed by atoms with Crippen LogP contribution in [0.15, 0.2) is 97.1 Å². The number of fused-ring (bicyclic) bond motifs is 7. The summed E-state index contributed by atoms with van der Waals surface area (Å²) in [6.45, 7) is 0. The molecule has 0 spiro atoms. The molecule has 0 saturated carbocycles. The van der Waals surface area contributed by atoms with E-state index in [1.807, 2.05) is 65.2 Å². The molecule has 0 aliphatic rings. The maximum absolute atomic E-state index is 15.1. The maximum atomic E-state index is 15.1. The molecule has 7 aromatic rings. The number of nitrogens with zero attached hydrogens (tertiary/aromatic N) is 4. The lowest BCUT2D eigenvalue weighted by Crippen LogP contribution is -1.99. The van der Waals surface area contributed by atoms with Crippen LogP contribution in [0.3, 0.4) is 0 Å². The van der Waals surface area contributed by atoms with Gasteiger partial charge < -0.3 is 9.13 Å². The van der Waals surface area contributed by atoms with Crippen LogP contribution in [-0.4, -0.2) is 9.13 Å². The van der Waals surface area contributed by atoms with Crippen molar-refractivity contribution in [1.82, 2.24) is 9.13 Å². The van der Waals surface area contributed by atoms with Gasteiger partial charge in [-0.1, -0.05) is 36.4 Å². The van der Waals surface area contributed by atoms with Gasteiger partial charge in [0.2, 0.25) is 0 Å². The Bertz CT molecular complexity index is 2190. The molecule has 7 rings (SSSR count). The second kappa shape index (κ2) is 8.03. The Kier molecular flexibility index (Phi) is 4.60. The lowest BCUT2D eigenvalue weighted by molar-refractivity contribution is 0.595. The quantitative estimate of drug-likeness (QED) is 0.245. The van der Waals surface area contributed by atoms with Gasteiger partial charge in [0.1, 0.15) is 17.7 Å². The van der Waals surface area contributed by atoms with Crippen molar-refractivity contribution < 1.29 is 8.78 Å². The molecule has 0 bridgehead atoms. The summed E-state index contributed by atoms with van der Waals surface area (Å²) < 4.78 is 33.2. The fraction of sp³-hybridized carbons (Fsp3) is 0. The van der Waals surface area contributed by atoms with Gasteiger partial charge in [-0.15, -0.1) is 0 Å². The molecule has 2 heterocycles. The Labute approximate surface area is 215 Å². The van der Waals surface area contributed by atoms with Crippen LogP contribution in [0.1, 0.15) is 11.1 Å². The molecule has 5 aromatic carbocycles. The summed E-state index contributed by atoms with van der Waals surface area (Å²) in [5, 5.41) is 23.0. The minimum absolute atomic E-state index is 0.137. The van der Waals surface area contributed by atoms with E-state index in [0.717, 1.165) is 55.7 Å². The molecule has 0 atom stereocenters. The van der Waals surface area contributed by atoms with Crippen molar-refractivity contribution in [3.05, 3.63) is 120 Å². The number of benzene rings is 5. The molecule has 2 aromatic heterocycles. The highest BCUT2D eigenvalue weighted by atomic mass is 19.1. The number of rotatable bonds is 2. The second-order valence-corrected chi connectivity index (χ2v) is 9.11. The largest absolute Gasteiger partial charge is 0.308 e. The summed E-state index contributed by atoms with van der Waals surface area (Å²) in [6.07, 6.45) is 0. The van der Waals surface area contributed by atoms with E-state index in [1.54, 1.807) is 22.8 Å². The Morgan fingerprint density at radius 1 is 0.553 bits per heavy atom. The highest BCUT2D eigenvalue weighted by molar-refractivity contribution is 6.28. The van der Waals surface area contributed by atoms with Gasteiger partial charge in [0.15, 0.2) is 0 Å². The van der Waals surface area contributed by atoms with Crippen molar-refractivity contribution in [3.8, 4) is 23.5 Å². The molecule has 0 saturated heterocycles. The molecule has 0 N–H and O–H groups in total. The molecule has 0 fully saturated rings. The lowest BCUT2D eigenvalue weighted by atomic mass is 10.1. The van der Waals surface area contributed by atoms with E-state index >= 15 is 4.39 Å². The Morgan fingerprint density at radius 2 is 1.16 bits per heavy atom. The minimum Gasteiger partial charge on any atom is -0.308 e. The maximum Gasteiger partial charge on any atom is 0.147 e. The third-order valence-electron chi connectivity index (χ3n) is 7.11. The van der Waals surface area contributed by atoms with Crippen LogP contribution in [0.4, 0.5) is 8.78 Å². The zero-order valence-electron chi connectivity index (χ0n) is 19.8. The smallest absolute Gasteiger partial charge is 0.147 e. The van der Waals surface area contributed by atoms with Crippen LogP contribution in [0, 0.1) is 34.3 Å². The SMILES string of the molecule is N#Cc1ccc(-n2c3ccccc3c3c4c5ccccc5n(-c5cc(F)ccc5F)c4ccc32)c(C#N)c1. The molecule has 0 radical (unpaired) electrons. The first-order chi connectivity index (χ1) is 18.6. The topological polar surface area (TPSA) is 57.4 Å². The molecule has 178 valence electrons. The predicted octanol–water partition coefficient (Wildman–Crippen LogP) is 7.90. The summed E-state index contributed by atoms with van der Waals surface area (Å²) in [7, 11) is 0. The van der Waals surface area contributed by atoms with Crippen molar-refractivity contribution in [2.24, 2.45) is 0 Å². The van der Waals surface area contributed by atoms with E-state index in [2.05, 4.69) is 12.1 Å². The number of para-hydroxylation sites is 2. The third-order valence-corrected chi connectivity index (χ3v) is 7.11. The number of halogens is 2. The summed E-state index contributed by atoms with van der Waals surface area (Å²) in [6, 6.07) is 32.4. The molecule has 4 nitrogen and oxygen atoms in total. The van der Waals surface area contributed by atoms with E-state index in [4.69, 9.17) is 0 Å². The first-order valence-electron chi connectivity index (χ1n) is 12.0. The van der Waals surface area contributed by atoms with Crippen LogP contribution in [0.25, 0.3) is 55.0 Å². The fourth-order valence-corrected chi connectivity index (χ4v) is 5.58. The average Bonchev–Trinajstić information content (AvgIpc) is 3.46. The van der Waals surface area contributed by atoms with Crippen LogP contribution in [0.2, 0.25) is 0 Å². The lowest BCUT2D eigenvalue weighted by Gasteiger charge is -2.11. The van der Waals surface area contributed by atoms with E-state index in [9.17, 15) is 14.9 Å². The van der Waals surface area contributed by atoms with Gasteiger partial charge in [-0.05, 0) is 54.6 Å². The monoisotopic (exact) mass is 494 g/mol. The van der Waals surface area contributed by atoms with E-state index in [0.29, 0.717) is 16.8 Å². The molecule has 0 unspecified atom stereocenters. The van der Waals surface area contributed by atoms with Crippen LogP contribution in [0.5, 0.6) is 0 Å². The number of aromatic nitrogens is 2. The number of hydrogen-bond donors (Lipinski definition) is 0. The zero-order chi connectivity index (χ0) is 26.0. The van der Waals surface area contributed by atoms with Crippen LogP contribution in [-0.2, 0) is 0 Å². The van der Waals surface area contributed by atoms with Crippen molar-refractivity contribution in [3.63, 3.8) is 0 Å². The zero-order valence-corrected chi connectivity index (χ0v) is 19.8. The first-order valence-corrected chi connectivity index (χ1v) is 12.0. The number of nitriles is 2. The van der Waals surface area contributed by atoms with Gasteiger partial charge in [-0.3, -0.25) is 0 Å². The molecule has 0 amide bonds. The normalized spacial score (nSPS) is 11.4. The van der Waals surface area contributed by atoms with Gasteiger partial charge in [0, 0.05) is 27.6 Å². The van der Waals surface area contributed by atoms with Gasteiger partial charge in [0.25, 0.3) is 0 Å². The Hall–Kier alpha value is -5.46. The van der Waals surface area contributed by atoms with Gasteiger partial charge in [-0.2, -0.15) is 10.5 Å². The average molecular weight is 495 g/mol. The molecule has 38 heavy (non-hydrogen) atoms. The van der Waals surface area contributed by atoms with Gasteiger partial charge in [-0.25, -0.2) is 8.78 Å². The highest BCUT2D eigenvalue weighted by Gasteiger charge is 2.22. The van der Waals surface area contributed by atoms with E-state index in [-0.39, 0.29) is 5.69 Å². The highest BCUT2D eigenvalue weighted by Crippen LogP contribution is 2.42. The molecule has 0 aliphatic carbocycles. The third kappa shape index (κ3) is 2.92. The van der Waals surface area contributed by atoms with Gasteiger partial charge >= 0.3 is 0 Å². The Balaban J connectivity index is 1.70. The van der Waals surface area contributed by atoms with Crippen molar-refractivity contribution >= 4 is 43.6 Å². The van der Waals surface area contributed by atoms with E-state index < -0.39 is 11.6 Å². The van der Waals surface area contributed by atoms with Gasteiger partial charge in [0.05, 0.1) is 50.6 Å².